The van der Waals surface area contributed by atoms with Gasteiger partial charge in [0.15, 0.2) is 0 Å². The minimum atomic E-state index is -0.120. The third-order valence-electron chi connectivity index (χ3n) is 3.64. The summed E-state index contributed by atoms with van der Waals surface area (Å²) in [6.45, 7) is 6.28. The van der Waals surface area contributed by atoms with Crippen LogP contribution in [0.3, 0.4) is 0 Å². The van der Waals surface area contributed by atoms with Gasteiger partial charge in [0.25, 0.3) is 0 Å². The summed E-state index contributed by atoms with van der Waals surface area (Å²) in [5, 5.41) is 0. The third kappa shape index (κ3) is 3.27. The smallest absolute Gasteiger partial charge is 0.131 e. The minimum absolute atomic E-state index is 0.120. The second-order valence-corrected chi connectivity index (χ2v) is 5.47. The van der Waals surface area contributed by atoms with Gasteiger partial charge in [0.05, 0.1) is 0 Å². The molecule has 2 aromatic rings. The van der Waals surface area contributed by atoms with Crippen LogP contribution in [0.1, 0.15) is 43.4 Å². The van der Waals surface area contributed by atoms with E-state index in [4.69, 9.17) is 0 Å². The van der Waals surface area contributed by atoms with E-state index in [-0.39, 0.29) is 5.82 Å². The Kier molecular flexibility index (Phi) is 4.94. The average molecular weight is 270 g/mol. The maximum absolute atomic E-state index is 14.2. The predicted octanol–water partition coefficient (Wildman–Crippen LogP) is 5.71. The van der Waals surface area contributed by atoms with E-state index in [1.807, 2.05) is 19.1 Å². The average Bonchev–Trinajstić information content (AvgIpc) is 2.41. The number of rotatable bonds is 5. The highest BCUT2D eigenvalue weighted by Gasteiger charge is 2.10. The van der Waals surface area contributed by atoms with Crippen molar-refractivity contribution in [3.63, 3.8) is 0 Å². The highest BCUT2D eigenvalue weighted by atomic mass is 19.1. The van der Waals surface area contributed by atoms with Gasteiger partial charge in [-0.15, -0.1) is 0 Å². The molecule has 0 nitrogen and oxygen atoms in total. The molecule has 0 saturated heterocycles. The van der Waals surface area contributed by atoms with Gasteiger partial charge in [-0.05, 0) is 48.1 Å². The normalized spacial score (nSPS) is 10.8. The van der Waals surface area contributed by atoms with E-state index in [0.717, 1.165) is 42.4 Å². The summed E-state index contributed by atoms with van der Waals surface area (Å²) < 4.78 is 14.2. The van der Waals surface area contributed by atoms with Crippen LogP contribution in [0.25, 0.3) is 11.1 Å². The zero-order valence-electron chi connectivity index (χ0n) is 12.7. The molecule has 0 amide bonds. The molecule has 0 aromatic heterocycles. The van der Waals surface area contributed by atoms with Gasteiger partial charge in [-0.1, -0.05) is 57.0 Å². The van der Waals surface area contributed by atoms with Gasteiger partial charge < -0.3 is 0 Å². The summed E-state index contributed by atoms with van der Waals surface area (Å²) in [4.78, 5) is 0. The zero-order valence-corrected chi connectivity index (χ0v) is 12.7. The fourth-order valence-corrected chi connectivity index (χ4v) is 2.67. The van der Waals surface area contributed by atoms with Crippen LogP contribution in [-0.4, -0.2) is 0 Å². The van der Waals surface area contributed by atoms with Gasteiger partial charge in [0.2, 0.25) is 0 Å². The summed E-state index contributed by atoms with van der Waals surface area (Å²) in [5.41, 5.74) is 5.35. The Morgan fingerprint density at radius 2 is 1.55 bits per heavy atom. The van der Waals surface area contributed by atoms with E-state index in [2.05, 4.69) is 32.0 Å². The topological polar surface area (TPSA) is 0 Å². The van der Waals surface area contributed by atoms with Crippen molar-refractivity contribution < 1.29 is 4.39 Å². The van der Waals surface area contributed by atoms with Crippen molar-refractivity contribution in [1.29, 1.82) is 0 Å². The molecular formula is C19H23F. The molecule has 0 radical (unpaired) electrons. The Hall–Kier alpha value is -1.63. The summed E-state index contributed by atoms with van der Waals surface area (Å²) >= 11 is 0. The van der Waals surface area contributed by atoms with E-state index in [1.54, 1.807) is 6.07 Å². The number of hydrogen-bond acceptors (Lipinski definition) is 0. The van der Waals surface area contributed by atoms with Gasteiger partial charge in [0, 0.05) is 5.56 Å². The molecule has 0 aliphatic carbocycles. The van der Waals surface area contributed by atoms with Crippen molar-refractivity contribution in [3.8, 4) is 11.1 Å². The molecule has 20 heavy (non-hydrogen) atoms. The van der Waals surface area contributed by atoms with Crippen molar-refractivity contribution in [1.82, 2.24) is 0 Å². The molecule has 2 rings (SSSR count). The van der Waals surface area contributed by atoms with Crippen molar-refractivity contribution in [2.75, 3.05) is 0 Å². The van der Waals surface area contributed by atoms with E-state index in [0.29, 0.717) is 0 Å². The lowest BCUT2D eigenvalue weighted by molar-refractivity contribution is 0.630. The van der Waals surface area contributed by atoms with Gasteiger partial charge in [0.1, 0.15) is 5.82 Å². The van der Waals surface area contributed by atoms with Crippen molar-refractivity contribution in [2.45, 2.75) is 46.5 Å². The SMILES string of the molecule is CCCc1ccc(-c2ccc(C)cc2F)c(CCC)c1. The molecule has 0 bridgehead atoms. The Morgan fingerprint density at radius 3 is 2.20 bits per heavy atom. The molecule has 106 valence electrons. The number of benzene rings is 2. The Balaban J connectivity index is 2.48. The monoisotopic (exact) mass is 270 g/mol. The van der Waals surface area contributed by atoms with Crippen LogP contribution in [0, 0.1) is 12.7 Å². The molecule has 0 saturated carbocycles. The van der Waals surface area contributed by atoms with E-state index >= 15 is 0 Å². The first kappa shape index (κ1) is 14.8. The van der Waals surface area contributed by atoms with Gasteiger partial charge in [-0.3, -0.25) is 0 Å². The molecule has 1 heteroatoms. The molecule has 0 unspecified atom stereocenters. The molecule has 0 spiro atoms. The van der Waals surface area contributed by atoms with Gasteiger partial charge >= 0.3 is 0 Å². The molecule has 0 heterocycles. The van der Waals surface area contributed by atoms with Crippen LogP contribution in [0.2, 0.25) is 0 Å². The standard InChI is InChI=1S/C19H23F/c1-4-6-15-9-11-17(16(13-15)7-5-2)18-10-8-14(3)12-19(18)20/h8-13H,4-7H2,1-3H3. The first-order valence-corrected chi connectivity index (χ1v) is 7.54. The molecule has 0 aliphatic rings. The molecule has 0 aliphatic heterocycles. The predicted molar refractivity (Wildman–Crippen MR) is 84.6 cm³/mol. The molecule has 0 N–H and O–H groups in total. The largest absolute Gasteiger partial charge is 0.206 e. The lowest BCUT2D eigenvalue weighted by Gasteiger charge is -2.13. The second kappa shape index (κ2) is 6.69. The van der Waals surface area contributed by atoms with Gasteiger partial charge in [-0.2, -0.15) is 0 Å². The quantitative estimate of drug-likeness (QED) is 0.653. The maximum atomic E-state index is 14.2. The summed E-state index contributed by atoms with van der Waals surface area (Å²) in [5.74, 6) is -0.120. The van der Waals surface area contributed by atoms with Crippen LogP contribution < -0.4 is 0 Å². The minimum Gasteiger partial charge on any atom is -0.206 e. The van der Waals surface area contributed by atoms with Crippen LogP contribution in [-0.2, 0) is 12.8 Å². The first-order chi connectivity index (χ1) is 9.65. The van der Waals surface area contributed by atoms with Crippen LogP contribution in [0.5, 0.6) is 0 Å². The van der Waals surface area contributed by atoms with Crippen molar-refractivity contribution in [3.05, 3.63) is 58.9 Å². The fourth-order valence-electron chi connectivity index (χ4n) is 2.67. The lowest BCUT2D eigenvalue weighted by atomic mass is 9.93. The molecule has 2 aromatic carbocycles. The number of hydrogen-bond donors (Lipinski definition) is 0. The van der Waals surface area contributed by atoms with Crippen molar-refractivity contribution >= 4 is 0 Å². The third-order valence-corrected chi connectivity index (χ3v) is 3.64. The van der Waals surface area contributed by atoms with Crippen molar-refractivity contribution in [2.24, 2.45) is 0 Å². The Morgan fingerprint density at radius 1 is 0.850 bits per heavy atom. The lowest BCUT2D eigenvalue weighted by Crippen LogP contribution is -1.95. The Bertz CT molecular complexity index is 584. The molecule has 0 fully saturated rings. The number of aryl methyl sites for hydroxylation is 3. The summed E-state index contributed by atoms with van der Waals surface area (Å²) in [6, 6.07) is 12.0. The molecular weight excluding hydrogens is 247 g/mol. The second-order valence-electron chi connectivity index (χ2n) is 5.47. The summed E-state index contributed by atoms with van der Waals surface area (Å²) in [6.07, 6.45) is 4.31. The van der Waals surface area contributed by atoms with Gasteiger partial charge in [-0.25, -0.2) is 4.39 Å². The highest BCUT2D eigenvalue weighted by molar-refractivity contribution is 5.69. The van der Waals surface area contributed by atoms with Crippen LogP contribution >= 0.6 is 0 Å². The number of halogens is 1. The maximum Gasteiger partial charge on any atom is 0.131 e. The zero-order chi connectivity index (χ0) is 14.5. The van der Waals surface area contributed by atoms with E-state index < -0.39 is 0 Å². The Labute approximate surface area is 121 Å². The first-order valence-electron chi connectivity index (χ1n) is 7.54. The fraction of sp³-hybridized carbons (Fsp3) is 0.368. The highest BCUT2D eigenvalue weighted by Crippen LogP contribution is 2.29. The van der Waals surface area contributed by atoms with Crippen LogP contribution in [0.4, 0.5) is 4.39 Å². The van der Waals surface area contributed by atoms with E-state index in [1.165, 1.54) is 11.1 Å². The van der Waals surface area contributed by atoms with Crippen LogP contribution in [0.15, 0.2) is 36.4 Å². The molecule has 0 atom stereocenters. The summed E-state index contributed by atoms with van der Waals surface area (Å²) in [7, 11) is 0. The van der Waals surface area contributed by atoms with E-state index in [9.17, 15) is 4.39 Å².